The van der Waals surface area contributed by atoms with E-state index in [1.165, 1.54) is 19.9 Å². The van der Waals surface area contributed by atoms with E-state index in [4.69, 9.17) is 4.74 Å². The number of aromatic nitrogens is 1. The Labute approximate surface area is 182 Å². The average molecular weight is 421 g/mol. The van der Waals surface area contributed by atoms with Crippen molar-refractivity contribution < 1.29 is 19.1 Å². The van der Waals surface area contributed by atoms with Crippen LogP contribution in [0.2, 0.25) is 0 Å². The zero-order valence-electron chi connectivity index (χ0n) is 18.5. The van der Waals surface area contributed by atoms with Crippen molar-refractivity contribution in [1.82, 2.24) is 4.57 Å². The molecule has 1 aromatic carbocycles. The van der Waals surface area contributed by atoms with E-state index in [1.807, 2.05) is 26.0 Å². The number of nitriles is 1. The summed E-state index contributed by atoms with van der Waals surface area (Å²) in [6.07, 6.45) is 1.32. The summed E-state index contributed by atoms with van der Waals surface area (Å²) in [5.74, 6) is -1.56. The molecule has 0 aliphatic heterocycles. The minimum Gasteiger partial charge on any atom is -0.448 e. The number of aryl methyl sites for hydroxylation is 1. The number of carbonyl (C=O) groups is 3. The molecule has 0 saturated carbocycles. The number of nitrogens with zero attached hydrogens (tertiary/aromatic N) is 2. The Morgan fingerprint density at radius 2 is 1.97 bits per heavy atom. The van der Waals surface area contributed by atoms with Crippen molar-refractivity contribution in [3.63, 3.8) is 0 Å². The molecule has 1 heterocycles. The van der Waals surface area contributed by atoms with Gasteiger partial charge in [0.25, 0.3) is 5.91 Å². The molecule has 1 N–H and O–H groups in total. The van der Waals surface area contributed by atoms with Crippen LogP contribution < -0.4 is 5.32 Å². The van der Waals surface area contributed by atoms with Crippen molar-refractivity contribution in [2.45, 2.75) is 53.7 Å². The second kappa shape index (κ2) is 10.4. The molecule has 0 spiro atoms. The van der Waals surface area contributed by atoms with Crippen LogP contribution in [0.15, 0.2) is 35.9 Å². The second-order valence-electron chi connectivity index (χ2n) is 7.32. The Bertz CT molecular complexity index is 1070. The monoisotopic (exact) mass is 421 g/mol. The highest BCUT2D eigenvalue weighted by Crippen LogP contribution is 2.19. The van der Waals surface area contributed by atoms with Gasteiger partial charge in [0.15, 0.2) is 11.9 Å². The lowest BCUT2D eigenvalue weighted by molar-refractivity contribution is -0.148. The van der Waals surface area contributed by atoms with Crippen LogP contribution >= 0.6 is 0 Å². The molecule has 7 nitrogen and oxygen atoms in total. The summed E-state index contributed by atoms with van der Waals surface area (Å²) in [5, 5.41) is 12.0. The van der Waals surface area contributed by atoms with Crippen LogP contribution in [0.5, 0.6) is 0 Å². The van der Waals surface area contributed by atoms with E-state index in [-0.39, 0.29) is 11.4 Å². The Kier molecular flexibility index (Phi) is 7.92. The van der Waals surface area contributed by atoms with E-state index >= 15 is 0 Å². The molecule has 2 rings (SSSR count). The predicted octanol–water partition coefficient (Wildman–Crippen LogP) is 4.19. The lowest BCUT2D eigenvalue weighted by Crippen LogP contribution is -2.30. The molecule has 2 aromatic rings. The molecule has 0 bridgehead atoms. The van der Waals surface area contributed by atoms with Crippen LogP contribution in [0.1, 0.15) is 54.5 Å². The first-order valence-electron chi connectivity index (χ1n) is 10.1. The Morgan fingerprint density at radius 3 is 2.58 bits per heavy atom. The van der Waals surface area contributed by atoms with Gasteiger partial charge in [0.2, 0.25) is 0 Å². The third-order valence-corrected chi connectivity index (χ3v) is 4.89. The smallest absolute Gasteiger partial charge is 0.349 e. The van der Waals surface area contributed by atoms with Crippen molar-refractivity contribution in [3.8, 4) is 6.07 Å². The number of rotatable bonds is 8. The molecule has 7 heteroatoms. The number of ether oxygens (including phenoxy) is 1. The van der Waals surface area contributed by atoms with Gasteiger partial charge in [0, 0.05) is 29.2 Å². The molecule has 1 amide bonds. The number of ketones is 1. The highest BCUT2D eigenvalue weighted by atomic mass is 16.5. The zero-order valence-corrected chi connectivity index (χ0v) is 18.5. The summed E-state index contributed by atoms with van der Waals surface area (Å²) in [4.78, 5) is 36.4. The van der Waals surface area contributed by atoms with Gasteiger partial charge in [-0.05, 0) is 64.0 Å². The molecule has 0 saturated heterocycles. The van der Waals surface area contributed by atoms with Gasteiger partial charge in [-0.2, -0.15) is 5.26 Å². The Morgan fingerprint density at radius 1 is 1.26 bits per heavy atom. The van der Waals surface area contributed by atoms with Gasteiger partial charge in [-0.3, -0.25) is 9.59 Å². The van der Waals surface area contributed by atoms with Crippen molar-refractivity contribution in [2.24, 2.45) is 0 Å². The fourth-order valence-electron chi connectivity index (χ4n) is 3.17. The topological polar surface area (TPSA) is 101 Å². The van der Waals surface area contributed by atoms with Gasteiger partial charge in [-0.1, -0.05) is 19.1 Å². The normalized spacial score (nSPS) is 12.1. The second-order valence-corrected chi connectivity index (χ2v) is 7.32. The minimum absolute atomic E-state index is 0.127. The first-order chi connectivity index (χ1) is 14.7. The molecule has 1 aromatic heterocycles. The standard InChI is InChI=1S/C24H27N3O4/c1-6-10-27-15(2)11-20(16(27)3)12-21(14-25)24(30)31-18(5)23(29)26-22-9-7-8-19(13-22)17(4)28/h7-9,11-13,18H,6,10H2,1-5H3,(H,26,29)/b21-12+/t18-/m0/s1. The van der Waals surface area contributed by atoms with Crippen LogP contribution in [0.25, 0.3) is 6.08 Å². The molecule has 0 aliphatic carbocycles. The predicted molar refractivity (Wildman–Crippen MR) is 118 cm³/mol. The minimum atomic E-state index is -1.13. The van der Waals surface area contributed by atoms with Gasteiger partial charge in [-0.25, -0.2) is 4.79 Å². The van der Waals surface area contributed by atoms with E-state index in [9.17, 15) is 19.6 Å². The van der Waals surface area contributed by atoms with E-state index in [2.05, 4.69) is 16.8 Å². The summed E-state index contributed by atoms with van der Waals surface area (Å²) in [6, 6.07) is 10.2. The van der Waals surface area contributed by atoms with Gasteiger partial charge >= 0.3 is 5.97 Å². The van der Waals surface area contributed by atoms with Crippen molar-refractivity contribution in [1.29, 1.82) is 5.26 Å². The third-order valence-electron chi connectivity index (χ3n) is 4.89. The van der Waals surface area contributed by atoms with Gasteiger partial charge in [-0.15, -0.1) is 0 Å². The number of benzene rings is 1. The molecule has 0 fully saturated rings. The average Bonchev–Trinajstić information content (AvgIpc) is 2.99. The van der Waals surface area contributed by atoms with Crippen molar-refractivity contribution in [2.75, 3.05) is 5.32 Å². The number of nitrogens with one attached hydrogen (secondary N) is 1. The van der Waals surface area contributed by atoms with E-state index in [1.54, 1.807) is 24.3 Å². The van der Waals surface area contributed by atoms with Crippen LogP contribution in [-0.2, 0) is 20.9 Å². The molecule has 162 valence electrons. The largest absolute Gasteiger partial charge is 0.448 e. The van der Waals surface area contributed by atoms with Crippen LogP contribution in [0, 0.1) is 25.2 Å². The highest BCUT2D eigenvalue weighted by Gasteiger charge is 2.21. The van der Waals surface area contributed by atoms with E-state index in [0.29, 0.717) is 11.3 Å². The Hall–Kier alpha value is -3.66. The Balaban J connectivity index is 2.11. The third kappa shape index (κ3) is 5.92. The number of anilines is 1. The quantitative estimate of drug-likeness (QED) is 0.298. The molecule has 0 aliphatic rings. The first-order valence-corrected chi connectivity index (χ1v) is 10.1. The fraction of sp³-hybridized carbons (Fsp3) is 0.333. The zero-order chi connectivity index (χ0) is 23.1. The molecule has 1 atom stereocenters. The summed E-state index contributed by atoms with van der Waals surface area (Å²) in [7, 11) is 0. The SMILES string of the molecule is CCCn1c(C)cc(/C=C(\C#N)C(=O)O[C@@H](C)C(=O)Nc2cccc(C(C)=O)c2)c1C. The number of esters is 1. The molecule has 0 radical (unpaired) electrons. The molecular weight excluding hydrogens is 394 g/mol. The lowest BCUT2D eigenvalue weighted by atomic mass is 10.1. The van der Waals surface area contributed by atoms with E-state index < -0.39 is 18.0 Å². The number of Topliss-reactive ketones (excluding diaryl/α,β-unsaturated/α-hetero) is 1. The van der Waals surface area contributed by atoms with Gasteiger partial charge < -0.3 is 14.6 Å². The van der Waals surface area contributed by atoms with Crippen LogP contribution in [0.3, 0.4) is 0 Å². The number of amides is 1. The molecule has 0 unspecified atom stereocenters. The van der Waals surface area contributed by atoms with Crippen LogP contribution in [-0.4, -0.2) is 28.3 Å². The lowest BCUT2D eigenvalue weighted by Gasteiger charge is -2.13. The van der Waals surface area contributed by atoms with Gasteiger partial charge in [0.05, 0.1) is 0 Å². The maximum Gasteiger partial charge on any atom is 0.349 e. The molecule has 31 heavy (non-hydrogen) atoms. The van der Waals surface area contributed by atoms with Crippen LogP contribution in [0.4, 0.5) is 5.69 Å². The highest BCUT2D eigenvalue weighted by molar-refractivity contribution is 6.02. The maximum absolute atomic E-state index is 12.5. The van der Waals surface area contributed by atoms with E-state index in [0.717, 1.165) is 29.9 Å². The first kappa shape index (κ1) is 23.6. The van der Waals surface area contributed by atoms with Crippen molar-refractivity contribution in [3.05, 3.63) is 58.4 Å². The number of carbonyl (C=O) groups excluding carboxylic acids is 3. The molecular formula is C24H27N3O4. The summed E-state index contributed by atoms with van der Waals surface area (Å²) in [6.45, 7) is 9.68. The maximum atomic E-state index is 12.5. The summed E-state index contributed by atoms with van der Waals surface area (Å²) >= 11 is 0. The summed E-state index contributed by atoms with van der Waals surface area (Å²) in [5.41, 5.74) is 3.44. The van der Waals surface area contributed by atoms with Gasteiger partial charge in [0.1, 0.15) is 11.6 Å². The number of hydrogen-bond donors (Lipinski definition) is 1. The fourth-order valence-corrected chi connectivity index (χ4v) is 3.17. The summed E-state index contributed by atoms with van der Waals surface area (Å²) < 4.78 is 7.32. The number of hydrogen-bond acceptors (Lipinski definition) is 5. The van der Waals surface area contributed by atoms with Crippen molar-refractivity contribution >= 4 is 29.4 Å².